The van der Waals surface area contributed by atoms with Crippen LogP contribution in [0.4, 0.5) is 14.5 Å². The van der Waals surface area contributed by atoms with E-state index in [1.54, 1.807) is 13.8 Å². The van der Waals surface area contributed by atoms with Gasteiger partial charge in [0, 0.05) is 11.8 Å². The molecule has 0 saturated heterocycles. The van der Waals surface area contributed by atoms with Crippen molar-refractivity contribution in [2.24, 2.45) is 5.73 Å². The molecule has 2 amide bonds. The summed E-state index contributed by atoms with van der Waals surface area (Å²) in [5, 5.41) is 10.6. The highest BCUT2D eigenvalue weighted by Gasteiger charge is 2.43. The molecule has 27 heavy (non-hydrogen) atoms. The lowest BCUT2D eigenvalue weighted by Gasteiger charge is -2.10. The Bertz CT molecular complexity index is 939. The fraction of sp³-hybridized carbons (Fsp3) is 0.250. The molecule has 1 aromatic carbocycles. The van der Waals surface area contributed by atoms with E-state index in [1.807, 2.05) is 0 Å². The first-order valence-electron chi connectivity index (χ1n) is 7.62. The quantitative estimate of drug-likeness (QED) is 0.745. The molecule has 2 heterocycles. The van der Waals surface area contributed by atoms with E-state index in [2.05, 4.69) is 25.0 Å². The van der Waals surface area contributed by atoms with Crippen LogP contribution in [0.5, 0.6) is 11.5 Å². The molecular formula is C16H14F2N4O4S. The van der Waals surface area contributed by atoms with Crippen molar-refractivity contribution in [3.63, 3.8) is 0 Å². The van der Waals surface area contributed by atoms with Gasteiger partial charge in [-0.1, -0.05) is 11.8 Å². The van der Waals surface area contributed by atoms with Crippen LogP contribution in [0.1, 0.15) is 21.6 Å². The lowest BCUT2D eigenvalue weighted by Crippen LogP contribution is -2.25. The van der Waals surface area contributed by atoms with Crippen molar-refractivity contribution < 1.29 is 27.8 Å². The molecule has 0 fully saturated rings. The van der Waals surface area contributed by atoms with Crippen LogP contribution in [0, 0.1) is 13.8 Å². The van der Waals surface area contributed by atoms with Gasteiger partial charge >= 0.3 is 6.29 Å². The first-order chi connectivity index (χ1) is 12.7. The van der Waals surface area contributed by atoms with Crippen LogP contribution in [0.3, 0.4) is 0 Å². The van der Waals surface area contributed by atoms with Crippen molar-refractivity contribution in [3.05, 3.63) is 35.0 Å². The summed E-state index contributed by atoms with van der Waals surface area (Å²) < 4.78 is 34.7. The van der Waals surface area contributed by atoms with Crippen molar-refractivity contribution in [2.45, 2.75) is 25.2 Å². The van der Waals surface area contributed by atoms with Crippen molar-refractivity contribution in [3.8, 4) is 11.5 Å². The molecule has 3 rings (SSSR count). The maximum atomic E-state index is 13.0. The normalized spacial score (nSPS) is 14.1. The Morgan fingerprint density at radius 1 is 1.22 bits per heavy atom. The molecule has 0 spiro atoms. The number of amides is 2. The third-order valence-electron chi connectivity index (χ3n) is 3.69. The standard InChI is InChI=1S/C16H14F2N4O4S/c1-7-8(2)21-22-15(13(7)14(19)24)27-6-12(23)20-9-3-4-10-11(5-9)26-16(17,18)25-10/h3-5H,6H2,1-2H3,(H2,19,24)(H,20,23). The molecule has 0 aliphatic carbocycles. The summed E-state index contributed by atoms with van der Waals surface area (Å²) in [6.45, 7) is 3.38. The smallest absolute Gasteiger partial charge is 0.395 e. The number of carbonyl (C=O) groups excluding carboxylic acids is 2. The van der Waals surface area contributed by atoms with Gasteiger partial charge in [0.2, 0.25) is 5.91 Å². The Kier molecular flexibility index (Phi) is 4.87. The van der Waals surface area contributed by atoms with Crippen LogP contribution in [-0.2, 0) is 4.79 Å². The minimum atomic E-state index is -3.73. The zero-order valence-electron chi connectivity index (χ0n) is 14.2. The third-order valence-corrected chi connectivity index (χ3v) is 4.66. The lowest BCUT2D eigenvalue weighted by atomic mass is 10.1. The highest BCUT2D eigenvalue weighted by atomic mass is 32.2. The van der Waals surface area contributed by atoms with E-state index in [4.69, 9.17) is 5.73 Å². The van der Waals surface area contributed by atoms with Gasteiger partial charge in [-0.15, -0.1) is 13.9 Å². The number of ether oxygens (including phenoxy) is 2. The molecule has 0 atom stereocenters. The van der Waals surface area contributed by atoms with E-state index in [9.17, 15) is 18.4 Å². The summed E-state index contributed by atoms with van der Waals surface area (Å²) >= 11 is 0.988. The summed E-state index contributed by atoms with van der Waals surface area (Å²) in [5.74, 6) is -1.50. The Hall–Kier alpha value is -2.95. The molecule has 1 aromatic heterocycles. The van der Waals surface area contributed by atoms with E-state index in [0.717, 1.165) is 11.8 Å². The number of carbonyl (C=O) groups is 2. The molecule has 2 aromatic rings. The number of primary amides is 1. The number of alkyl halides is 2. The number of benzene rings is 1. The second-order valence-electron chi connectivity index (χ2n) is 5.62. The molecule has 0 bridgehead atoms. The monoisotopic (exact) mass is 396 g/mol. The zero-order chi connectivity index (χ0) is 19.8. The van der Waals surface area contributed by atoms with Gasteiger partial charge in [-0.3, -0.25) is 9.59 Å². The SMILES string of the molecule is Cc1nnc(SCC(=O)Nc2ccc3c(c2)OC(F)(F)O3)c(C(N)=O)c1C. The van der Waals surface area contributed by atoms with Crippen molar-refractivity contribution >= 4 is 29.3 Å². The van der Waals surface area contributed by atoms with E-state index < -0.39 is 18.1 Å². The largest absolute Gasteiger partial charge is 0.586 e. The van der Waals surface area contributed by atoms with Crippen LogP contribution >= 0.6 is 11.8 Å². The predicted molar refractivity (Wildman–Crippen MR) is 92.0 cm³/mol. The molecular weight excluding hydrogens is 382 g/mol. The topological polar surface area (TPSA) is 116 Å². The summed E-state index contributed by atoms with van der Waals surface area (Å²) in [6.07, 6.45) is -3.73. The van der Waals surface area contributed by atoms with Gasteiger partial charge in [0.15, 0.2) is 11.5 Å². The maximum Gasteiger partial charge on any atom is 0.586 e. The minimum Gasteiger partial charge on any atom is -0.395 e. The minimum absolute atomic E-state index is 0.0952. The number of halogens is 2. The first-order valence-corrected chi connectivity index (χ1v) is 8.61. The summed E-state index contributed by atoms with van der Waals surface area (Å²) in [4.78, 5) is 23.8. The van der Waals surface area contributed by atoms with Gasteiger partial charge in [-0.2, -0.15) is 5.10 Å². The predicted octanol–water partition coefficient (Wildman–Crippen LogP) is 2.24. The number of hydrogen-bond acceptors (Lipinski definition) is 7. The van der Waals surface area contributed by atoms with Gasteiger partial charge in [0.05, 0.1) is 17.0 Å². The zero-order valence-corrected chi connectivity index (χ0v) is 15.0. The van der Waals surface area contributed by atoms with E-state index in [-0.39, 0.29) is 33.5 Å². The number of nitrogens with zero attached hydrogens (tertiary/aromatic N) is 2. The summed E-state index contributed by atoms with van der Waals surface area (Å²) in [7, 11) is 0. The Morgan fingerprint density at radius 3 is 2.63 bits per heavy atom. The number of nitrogens with two attached hydrogens (primary N) is 1. The van der Waals surface area contributed by atoms with Crippen LogP contribution in [0.25, 0.3) is 0 Å². The highest BCUT2D eigenvalue weighted by molar-refractivity contribution is 8.00. The van der Waals surface area contributed by atoms with Crippen LogP contribution in [0.15, 0.2) is 23.2 Å². The van der Waals surface area contributed by atoms with E-state index in [0.29, 0.717) is 11.3 Å². The third kappa shape index (κ3) is 4.08. The number of nitrogens with one attached hydrogen (secondary N) is 1. The molecule has 142 valence electrons. The number of aromatic nitrogens is 2. The second-order valence-corrected chi connectivity index (χ2v) is 6.58. The fourth-order valence-electron chi connectivity index (χ4n) is 2.34. The maximum absolute atomic E-state index is 13.0. The van der Waals surface area contributed by atoms with Gasteiger partial charge in [0.1, 0.15) is 5.03 Å². The first kappa shape index (κ1) is 18.8. The average molecular weight is 396 g/mol. The summed E-state index contributed by atoms with van der Waals surface area (Å²) in [6, 6.07) is 3.89. The van der Waals surface area contributed by atoms with Crippen LogP contribution in [-0.4, -0.2) is 34.1 Å². The molecule has 11 heteroatoms. The number of rotatable bonds is 5. The van der Waals surface area contributed by atoms with Crippen molar-refractivity contribution in [1.82, 2.24) is 10.2 Å². The Morgan fingerprint density at radius 2 is 1.93 bits per heavy atom. The van der Waals surface area contributed by atoms with Gasteiger partial charge in [0.25, 0.3) is 5.91 Å². The summed E-state index contributed by atoms with van der Waals surface area (Å²) in [5.41, 5.74) is 7.01. The number of anilines is 1. The molecule has 3 N–H and O–H groups in total. The number of aryl methyl sites for hydroxylation is 1. The van der Waals surface area contributed by atoms with Gasteiger partial charge < -0.3 is 20.5 Å². The number of thioether (sulfide) groups is 1. The molecule has 0 unspecified atom stereocenters. The molecule has 0 saturated carbocycles. The van der Waals surface area contributed by atoms with Crippen LogP contribution < -0.4 is 20.5 Å². The molecule has 0 radical (unpaired) electrons. The molecule has 8 nitrogen and oxygen atoms in total. The highest BCUT2D eigenvalue weighted by Crippen LogP contribution is 2.42. The Labute approximate surface area is 156 Å². The van der Waals surface area contributed by atoms with Crippen molar-refractivity contribution in [1.29, 1.82) is 0 Å². The van der Waals surface area contributed by atoms with Crippen molar-refractivity contribution in [2.75, 3.05) is 11.1 Å². The number of hydrogen-bond donors (Lipinski definition) is 2. The van der Waals surface area contributed by atoms with Gasteiger partial charge in [-0.05, 0) is 31.5 Å². The average Bonchev–Trinajstić information content (AvgIpc) is 2.88. The van der Waals surface area contributed by atoms with E-state index in [1.165, 1.54) is 18.2 Å². The number of fused-ring (bicyclic) bond motifs is 1. The lowest BCUT2D eigenvalue weighted by molar-refractivity contribution is -0.286. The molecule has 1 aliphatic rings. The Balaban J connectivity index is 1.67. The van der Waals surface area contributed by atoms with Gasteiger partial charge in [-0.25, -0.2) is 0 Å². The molecule has 1 aliphatic heterocycles. The second kappa shape index (κ2) is 6.99. The fourth-order valence-corrected chi connectivity index (χ4v) is 3.17. The van der Waals surface area contributed by atoms with E-state index >= 15 is 0 Å². The van der Waals surface area contributed by atoms with Crippen LogP contribution in [0.2, 0.25) is 0 Å².